The minimum atomic E-state index is -0.333. The van der Waals surface area contributed by atoms with E-state index in [1.807, 2.05) is 0 Å². The Bertz CT molecular complexity index is 569. The van der Waals surface area contributed by atoms with Crippen molar-refractivity contribution >= 4 is 11.9 Å². The largest absolute Gasteiger partial charge is 0.462 e. The van der Waals surface area contributed by atoms with Gasteiger partial charge in [-0.1, -0.05) is 54.4 Å². The van der Waals surface area contributed by atoms with Gasteiger partial charge in [0, 0.05) is 0 Å². The van der Waals surface area contributed by atoms with Crippen LogP contribution in [0, 0.1) is 34.5 Å². The molecular weight excluding hydrogens is 376 g/mol. The summed E-state index contributed by atoms with van der Waals surface area (Å²) in [5.74, 6) is 0.139. The summed E-state index contributed by atoms with van der Waals surface area (Å²) in [4.78, 5) is 26.2. The van der Waals surface area contributed by atoms with Gasteiger partial charge in [0.25, 0.3) is 0 Å². The highest BCUT2D eigenvalue weighted by molar-refractivity contribution is 5.82. The SMILES string of the molecule is CC1CC(OC(=O)C2CCCCC2C(=O)OC2CC(C)CC(C)(C)C2)CC(C)(C)C1. The van der Waals surface area contributed by atoms with Crippen LogP contribution in [0.1, 0.15) is 106 Å². The molecular formula is C26H44O4. The fourth-order valence-electron chi connectivity index (χ4n) is 6.89. The van der Waals surface area contributed by atoms with Gasteiger partial charge in [0.1, 0.15) is 12.2 Å². The van der Waals surface area contributed by atoms with E-state index in [-0.39, 0.29) is 46.8 Å². The summed E-state index contributed by atoms with van der Waals surface area (Å²) in [6.45, 7) is 13.5. The average Bonchev–Trinajstić information content (AvgIpc) is 2.58. The lowest BCUT2D eigenvalue weighted by atomic mass is 9.71. The third-order valence-corrected chi connectivity index (χ3v) is 7.63. The molecule has 0 bridgehead atoms. The molecule has 0 N–H and O–H groups in total. The molecule has 3 fully saturated rings. The van der Waals surface area contributed by atoms with Crippen molar-refractivity contribution in [2.45, 2.75) is 118 Å². The van der Waals surface area contributed by atoms with Gasteiger partial charge in [-0.15, -0.1) is 0 Å². The first-order valence-corrected chi connectivity index (χ1v) is 12.3. The fraction of sp³-hybridized carbons (Fsp3) is 0.923. The van der Waals surface area contributed by atoms with Crippen molar-refractivity contribution in [3.8, 4) is 0 Å². The van der Waals surface area contributed by atoms with Crippen molar-refractivity contribution in [2.24, 2.45) is 34.5 Å². The zero-order valence-electron chi connectivity index (χ0n) is 20.2. The maximum absolute atomic E-state index is 13.1. The molecule has 3 aliphatic carbocycles. The molecule has 4 heteroatoms. The van der Waals surface area contributed by atoms with Gasteiger partial charge in [-0.05, 0) is 74.0 Å². The van der Waals surface area contributed by atoms with Crippen LogP contribution in [0.2, 0.25) is 0 Å². The predicted octanol–water partition coefficient (Wildman–Crippen LogP) is 6.31. The van der Waals surface area contributed by atoms with Crippen LogP contribution in [-0.2, 0) is 19.1 Å². The zero-order valence-corrected chi connectivity index (χ0v) is 20.2. The quantitative estimate of drug-likeness (QED) is 0.500. The van der Waals surface area contributed by atoms with Crippen molar-refractivity contribution in [2.75, 3.05) is 0 Å². The Labute approximate surface area is 183 Å². The second kappa shape index (κ2) is 9.20. The molecule has 0 spiro atoms. The van der Waals surface area contributed by atoms with Crippen LogP contribution in [0.4, 0.5) is 0 Å². The highest BCUT2D eigenvalue weighted by atomic mass is 16.6. The van der Waals surface area contributed by atoms with Gasteiger partial charge in [-0.3, -0.25) is 9.59 Å². The second-order valence-corrected chi connectivity index (χ2v) is 12.4. The molecule has 0 aliphatic heterocycles. The summed E-state index contributed by atoms with van der Waals surface area (Å²) in [7, 11) is 0. The first-order chi connectivity index (χ1) is 13.9. The van der Waals surface area contributed by atoms with Gasteiger partial charge in [0.05, 0.1) is 11.8 Å². The van der Waals surface area contributed by atoms with E-state index < -0.39 is 0 Å². The maximum atomic E-state index is 13.1. The van der Waals surface area contributed by atoms with Crippen molar-refractivity contribution in [1.82, 2.24) is 0 Å². The molecule has 30 heavy (non-hydrogen) atoms. The zero-order chi connectivity index (χ0) is 22.1. The van der Waals surface area contributed by atoms with Gasteiger partial charge in [-0.25, -0.2) is 0 Å². The molecule has 172 valence electrons. The summed E-state index contributed by atoms with van der Waals surface area (Å²) in [6.07, 6.45) is 9.49. The molecule has 3 aliphatic rings. The van der Waals surface area contributed by atoms with Gasteiger partial charge in [0.2, 0.25) is 0 Å². The van der Waals surface area contributed by atoms with E-state index in [9.17, 15) is 9.59 Å². The molecule has 0 amide bonds. The second-order valence-electron chi connectivity index (χ2n) is 12.4. The lowest BCUT2D eigenvalue weighted by Gasteiger charge is -2.40. The molecule has 6 atom stereocenters. The number of rotatable bonds is 4. The lowest BCUT2D eigenvalue weighted by Crippen LogP contribution is -2.41. The Morgan fingerprint density at radius 2 is 1.03 bits per heavy atom. The molecule has 0 radical (unpaired) electrons. The number of esters is 2. The maximum Gasteiger partial charge on any atom is 0.310 e. The summed E-state index contributed by atoms with van der Waals surface area (Å²) in [6, 6.07) is 0. The lowest BCUT2D eigenvalue weighted by molar-refractivity contribution is -0.173. The number of hydrogen-bond acceptors (Lipinski definition) is 4. The van der Waals surface area contributed by atoms with E-state index in [2.05, 4.69) is 41.5 Å². The average molecular weight is 421 g/mol. The number of hydrogen-bond donors (Lipinski definition) is 0. The first-order valence-electron chi connectivity index (χ1n) is 12.3. The van der Waals surface area contributed by atoms with Gasteiger partial charge >= 0.3 is 11.9 Å². The minimum absolute atomic E-state index is 0.0187. The highest BCUT2D eigenvalue weighted by Crippen LogP contribution is 2.42. The first kappa shape index (κ1) is 23.6. The van der Waals surface area contributed by atoms with E-state index in [4.69, 9.17) is 9.47 Å². The monoisotopic (exact) mass is 420 g/mol. The highest BCUT2D eigenvalue weighted by Gasteiger charge is 2.42. The topological polar surface area (TPSA) is 52.6 Å². The van der Waals surface area contributed by atoms with Crippen LogP contribution in [0.5, 0.6) is 0 Å². The molecule has 0 aromatic carbocycles. The molecule has 3 saturated carbocycles. The van der Waals surface area contributed by atoms with Crippen molar-refractivity contribution < 1.29 is 19.1 Å². The molecule has 0 aromatic heterocycles. The van der Waals surface area contributed by atoms with Crippen molar-refractivity contribution in [3.05, 3.63) is 0 Å². The van der Waals surface area contributed by atoms with Crippen molar-refractivity contribution in [1.29, 1.82) is 0 Å². The Kier molecular flexibility index (Phi) is 7.24. The third kappa shape index (κ3) is 6.23. The molecule has 0 saturated heterocycles. The Hall–Kier alpha value is -1.06. The normalized spacial score (nSPS) is 38.5. The molecule has 0 heterocycles. The smallest absolute Gasteiger partial charge is 0.310 e. The molecule has 6 unspecified atom stereocenters. The van der Waals surface area contributed by atoms with Gasteiger partial charge in [0.15, 0.2) is 0 Å². The summed E-state index contributed by atoms with van der Waals surface area (Å²) in [5, 5.41) is 0. The predicted molar refractivity (Wildman–Crippen MR) is 119 cm³/mol. The van der Waals surface area contributed by atoms with Crippen LogP contribution in [0.25, 0.3) is 0 Å². The van der Waals surface area contributed by atoms with E-state index in [1.165, 1.54) is 12.8 Å². The van der Waals surface area contributed by atoms with Crippen LogP contribution < -0.4 is 0 Å². The van der Waals surface area contributed by atoms with Crippen LogP contribution >= 0.6 is 0 Å². The van der Waals surface area contributed by atoms with E-state index in [1.54, 1.807) is 0 Å². The number of ether oxygens (including phenoxy) is 2. The summed E-state index contributed by atoms with van der Waals surface area (Å²) in [5.41, 5.74) is 0.413. The Morgan fingerprint density at radius 3 is 1.37 bits per heavy atom. The summed E-state index contributed by atoms with van der Waals surface area (Å²) >= 11 is 0. The molecule has 3 rings (SSSR count). The Balaban J connectivity index is 1.61. The van der Waals surface area contributed by atoms with Gasteiger partial charge in [-0.2, -0.15) is 0 Å². The third-order valence-electron chi connectivity index (χ3n) is 7.63. The number of carbonyl (C=O) groups excluding carboxylic acids is 2. The minimum Gasteiger partial charge on any atom is -0.462 e. The standard InChI is InChI=1S/C26H44O4/c1-17-11-19(15-25(3,4)13-17)29-23(27)21-9-7-8-10-22(21)24(28)30-20-12-18(2)14-26(5,6)16-20/h17-22H,7-16H2,1-6H3. The van der Waals surface area contributed by atoms with Crippen LogP contribution in [0.15, 0.2) is 0 Å². The fourth-order valence-corrected chi connectivity index (χ4v) is 6.89. The van der Waals surface area contributed by atoms with E-state index in [0.717, 1.165) is 51.4 Å². The summed E-state index contributed by atoms with van der Waals surface area (Å²) < 4.78 is 12.0. The number of carbonyl (C=O) groups is 2. The molecule has 0 aromatic rings. The van der Waals surface area contributed by atoms with Gasteiger partial charge < -0.3 is 9.47 Å². The van der Waals surface area contributed by atoms with E-state index >= 15 is 0 Å². The molecule has 4 nitrogen and oxygen atoms in total. The van der Waals surface area contributed by atoms with Crippen LogP contribution in [-0.4, -0.2) is 24.1 Å². The van der Waals surface area contributed by atoms with Crippen molar-refractivity contribution in [3.63, 3.8) is 0 Å². The Morgan fingerprint density at radius 1 is 0.667 bits per heavy atom. The van der Waals surface area contributed by atoms with E-state index in [0.29, 0.717) is 11.8 Å². The van der Waals surface area contributed by atoms with Crippen LogP contribution in [0.3, 0.4) is 0 Å².